The first-order valence-corrected chi connectivity index (χ1v) is 9.19. The molecule has 1 aliphatic carbocycles. The van der Waals surface area contributed by atoms with E-state index >= 15 is 0 Å². The summed E-state index contributed by atoms with van der Waals surface area (Å²) in [6, 6.07) is 7.02. The summed E-state index contributed by atoms with van der Waals surface area (Å²) < 4.78 is 60.9. The third-order valence-electron chi connectivity index (χ3n) is 4.38. The molecular weight excluding hydrogens is 430 g/mol. The van der Waals surface area contributed by atoms with E-state index in [-0.39, 0.29) is 24.3 Å². The van der Waals surface area contributed by atoms with Crippen LogP contribution in [0.1, 0.15) is 29.0 Å². The Balaban J connectivity index is 1.76. The summed E-state index contributed by atoms with van der Waals surface area (Å²) in [5.74, 6) is -5.46. The lowest BCUT2D eigenvalue weighted by molar-refractivity contribution is 0.111. The van der Waals surface area contributed by atoms with E-state index in [0.717, 1.165) is 16.1 Å². The minimum absolute atomic E-state index is 0.0143. The number of nitrogens with one attached hydrogen (secondary N) is 1. The van der Waals surface area contributed by atoms with Crippen LogP contribution < -0.4 is 10.1 Å². The quantitative estimate of drug-likeness (QED) is 0.462. The third kappa shape index (κ3) is 4.80. The minimum atomic E-state index is -2.94. The maximum atomic E-state index is 14.1. The van der Waals surface area contributed by atoms with E-state index in [9.17, 15) is 17.6 Å². The van der Waals surface area contributed by atoms with Crippen LogP contribution in [-0.4, -0.2) is 24.2 Å². The predicted octanol–water partition coefficient (Wildman–Crippen LogP) is 4.51. The highest BCUT2D eigenvalue weighted by Gasteiger charge is 2.58. The summed E-state index contributed by atoms with van der Waals surface area (Å²) in [4.78, 5) is 0. The fraction of sp³-hybridized carbons (Fsp3) is 0.368. The molecule has 2 aromatic rings. The molecule has 0 heterocycles. The number of alkyl halides is 2. The molecule has 27 heavy (non-hydrogen) atoms. The van der Waals surface area contributed by atoms with Gasteiger partial charge in [0, 0.05) is 41.2 Å². The fourth-order valence-electron chi connectivity index (χ4n) is 2.83. The molecule has 0 bridgehead atoms. The molecule has 0 spiro atoms. The Kier molecular flexibility index (Phi) is 6.08. The van der Waals surface area contributed by atoms with Crippen LogP contribution in [0.15, 0.2) is 34.8 Å². The van der Waals surface area contributed by atoms with Crippen LogP contribution in [0, 0.1) is 11.6 Å². The Labute approximate surface area is 162 Å². The fourth-order valence-corrected chi connectivity index (χ4v) is 3.23. The van der Waals surface area contributed by atoms with Crippen LogP contribution in [0.2, 0.25) is 0 Å². The molecule has 1 atom stereocenters. The van der Waals surface area contributed by atoms with Crippen molar-refractivity contribution in [3.05, 3.63) is 63.1 Å². The zero-order valence-corrected chi connectivity index (χ0v) is 15.8. The maximum Gasteiger partial charge on any atom is 0.256 e. The Morgan fingerprint density at radius 2 is 1.89 bits per heavy atom. The van der Waals surface area contributed by atoms with Gasteiger partial charge in [-0.2, -0.15) is 0 Å². The monoisotopic (exact) mass is 447 g/mol. The van der Waals surface area contributed by atoms with Crippen molar-refractivity contribution in [3.8, 4) is 5.75 Å². The van der Waals surface area contributed by atoms with Crippen molar-refractivity contribution in [2.24, 2.45) is 0 Å². The zero-order chi connectivity index (χ0) is 19.6. The molecule has 1 aliphatic rings. The molecule has 146 valence electrons. The third-order valence-corrected chi connectivity index (χ3v) is 4.87. The van der Waals surface area contributed by atoms with Gasteiger partial charge in [0.2, 0.25) is 0 Å². The first-order valence-electron chi connectivity index (χ1n) is 8.40. The van der Waals surface area contributed by atoms with Gasteiger partial charge in [-0.15, -0.1) is 0 Å². The highest BCUT2D eigenvalue weighted by Crippen LogP contribution is 2.56. The van der Waals surface area contributed by atoms with Crippen LogP contribution in [0.5, 0.6) is 5.75 Å². The average Bonchev–Trinajstić information content (AvgIpc) is 3.23. The highest BCUT2D eigenvalue weighted by atomic mass is 79.9. The number of aliphatic hydroxyl groups is 1. The van der Waals surface area contributed by atoms with E-state index < -0.39 is 29.9 Å². The molecule has 0 saturated heterocycles. The zero-order valence-electron chi connectivity index (χ0n) is 14.2. The van der Waals surface area contributed by atoms with Gasteiger partial charge in [0.15, 0.2) is 0 Å². The van der Waals surface area contributed by atoms with Gasteiger partial charge in [-0.1, -0.05) is 15.9 Å². The van der Waals surface area contributed by atoms with Crippen LogP contribution in [0.4, 0.5) is 17.6 Å². The summed E-state index contributed by atoms with van der Waals surface area (Å²) in [6.45, 7) is 0.587. The summed E-state index contributed by atoms with van der Waals surface area (Å²) in [6.07, 6.45) is -0.427. The second kappa shape index (κ2) is 8.16. The molecular formula is C19H18BrF4NO2. The molecule has 2 aromatic carbocycles. The van der Waals surface area contributed by atoms with E-state index in [1.807, 2.05) is 6.07 Å². The lowest BCUT2D eigenvalue weighted by Crippen LogP contribution is -2.18. The maximum absolute atomic E-state index is 14.1. The molecule has 1 fully saturated rings. The number of hydrogen-bond acceptors (Lipinski definition) is 3. The van der Waals surface area contributed by atoms with E-state index in [1.165, 1.54) is 0 Å². The van der Waals surface area contributed by atoms with Crippen LogP contribution >= 0.6 is 15.9 Å². The number of ether oxygens (including phenoxy) is 1. The number of aliphatic hydroxyl groups excluding tert-OH is 1. The second-order valence-electron chi connectivity index (χ2n) is 6.42. The largest absolute Gasteiger partial charge is 0.488 e. The van der Waals surface area contributed by atoms with E-state index in [2.05, 4.69) is 21.2 Å². The predicted molar refractivity (Wildman–Crippen MR) is 95.9 cm³/mol. The van der Waals surface area contributed by atoms with Crippen molar-refractivity contribution in [2.45, 2.75) is 31.4 Å². The summed E-state index contributed by atoms with van der Waals surface area (Å²) in [5.41, 5.74) is 0.612. The smallest absolute Gasteiger partial charge is 0.256 e. The van der Waals surface area contributed by atoms with Crippen LogP contribution in [0.3, 0.4) is 0 Å². The Morgan fingerprint density at radius 1 is 1.15 bits per heavy atom. The second-order valence-corrected chi connectivity index (χ2v) is 7.34. The van der Waals surface area contributed by atoms with E-state index in [1.54, 1.807) is 12.1 Å². The van der Waals surface area contributed by atoms with Crippen molar-refractivity contribution in [2.75, 3.05) is 13.2 Å². The van der Waals surface area contributed by atoms with Gasteiger partial charge in [0.1, 0.15) is 24.0 Å². The first-order chi connectivity index (χ1) is 12.8. The van der Waals surface area contributed by atoms with Gasteiger partial charge in [-0.05, 0) is 29.8 Å². The lowest BCUT2D eigenvalue weighted by Gasteiger charge is -2.14. The molecule has 3 nitrogen and oxygen atoms in total. The van der Waals surface area contributed by atoms with Crippen molar-refractivity contribution in [1.82, 2.24) is 5.32 Å². The number of hydrogen-bond donors (Lipinski definition) is 2. The lowest BCUT2D eigenvalue weighted by atomic mass is 10.1. The Hall–Kier alpha value is -1.64. The van der Waals surface area contributed by atoms with Crippen molar-refractivity contribution in [3.63, 3.8) is 0 Å². The summed E-state index contributed by atoms with van der Waals surface area (Å²) in [7, 11) is 0. The average molecular weight is 448 g/mol. The van der Waals surface area contributed by atoms with E-state index in [0.29, 0.717) is 24.9 Å². The molecule has 3 rings (SSSR count). The molecule has 0 aliphatic heterocycles. The van der Waals surface area contributed by atoms with Gasteiger partial charge in [0.05, 0.1) is 12.5 Å². The van der Waals surface area contributed by atoms with Crippen molar-refractivity contribution in [1.29, 1.82) is 0 Å². The van der Waals surface area contributed by atoms with Crippen LogP contribution in [-0.2, 0) is 13.2 Å². The topological polar surface area (TPSA) is 41.5 Å². The molecule has 1 unspecified atom stereocenters. The van der Waals surface area contributed by atoms with Crippen LogP contribution in [0.25, 0.3) is 0 Å². The van der Waals surface area contributed by atoms with Gasteiger partial charge >= 0.3 is 0 Å². The van der Waals surface area contributed by atoms with Crippen molar-refractivity contribution >= 4 is 15.9 Å². The Bertz CT molecular complexity index is 832. The van der Waals surface area contributed by atoms with Crippen molar-refractivity contribution < 1.29 is 27.4 Å². The van der Waals surface area contributed by atoms with Gasteiger partial charge < -0.3 is 15.2 Å². The van der Waals surface area contributed by atoms with Gasteiger partial charge in [-0.25, -0.2) is 17.6 Å². The molecule has 0 radical (unpaired) electrons. The normalized spacial score (nSPS) is 17.8. The van der Waals surface area contributed by atoms with Gasteiger partial charge in [0.25, 0.3) is 5.92 Å². The minimum Gasteiger partial charge on any atom is -0.488 e. The number of halogens is 5. The highest BCUT2D eigenvalue weighted by molar-refractivity contribution is 9.10. The summed E-state index contributed by atoms with van der Waals surface area (Å²) in [5, 5.41) is 11.9. The molecule has 2 N–H and O–H groups in total. The molecule has 0 aromatic heterocycles. The molecule has 0 amide bonds. The van der Waals surface area contributed by atoms with E-state index in [4.69, 9.17) is 9.84 Å². The first kappa shape index (κ1) is 20.1. The number of rotatable bonds is 8. The summed E-state index contributed by atoms with van der Waals surface area (Å²) >= 11 is 3.36. The van der Waals surface area contributed by atoms with Gasteiger partial charge in [-0.3, -0.25) is 0 Å². The molecule has 1 saturated carbocycles. The number of benzene rings is 2. The molecule has 8 heteroatoms. The standard InChI is InChI=1S/C19H18BrF4NO2/c20-13-1-2-18(11(5-13)9-25-3-4-26)27-10-12-6-14(15-8-19(15,23)24)17(22)7-16(12)21/h1-2,5-7,15,25-26H,3-4,8-10H2. The SMILES string of the molecule is OCCNCc1cc(Br)ccc1OCc1cc(C2CC2(F)F)c(F)cc1F. The Morgan fingerprint density at radius 3 is 2.56 bits per heavy atom.